The van der Waals surface area contributed by atoms with E-state index in [9.17, 15) is 9.90 Å². The first-order valence-electron chi connectivity index (χ1n) is 5.45. The summed E-state index contributed by atoms with van der Waals surface area (Å²) in [5.41, 5.74) is 1.21. The molecule has 0 atom stereocenters. The van der Waals surface area contributed by atoms with Crippen molar-refractivity contribution < 1.29 is 14.6 Å². The Kier molecular flexibility index (Phi) is 3.78. The fraction of sp³-hybridized carbons (Fsp3) is 0.462. The van der Waals surface area contributed by atoms with Crippen molar-refractivity contribution in [2.75, 3.05) is 12.4 Å². The Morgan fingerprint density at radius 2 is 1.88 bits per heavy atom. The molecule has 0 radical (unpaired) electrons. The maximum atomic E-state index is 11.7. The molecule has 0 aliphatic heterocycles. The zero-order valence-corrected chi connectivity index (χ0v) is 10.9. The van der Waals surface area contributed by atoms with Crippen LogP contribution in [-0.4, -0.2) is 23.7 Å². The molecule has 4 nitrogen and oxygen atoms in total. The van der Waals surface area contributed by atoms with Crippen LogP contribution in [0.3, 0.4) is 0 Å². The van der Waals surface area contributed by atoms with Gasteiger partial charge in [0, 0.05) is 5.69 Å². The molecule has 0 saturated heterocycles. The number of nitrogens with one attached hydrogen (secondary N) is 1. The van der Waals surface area contributed by atoms with Gasteiger partial charge in [-0.2, -0.15) is 0 Å². The summed E-state index contributed by atoms with van der Waals surface area (Å²) in [6, 6.07) is 3.56. The summed E-state index contributed by atoms with van der Waals surface area (Å²) < 4.78 is 5.19. The number of ether oxygens (including phenoxy) is 1. The third-order valence-corrected chi connectivity index (χ3v) is 2.76. The first kappa shape index (κ1) is 13.5. The van der Waals surface area contributed by atoms with Crippen LogP contribution in [0.4, 0.5) is 5.69 Å². The Bertz CT molecular complexity index is 433. The highest BCUT2D eigenvalue weighted by atomic mass is 16.5. The topological polar surface area (TPSA) is 58.6 Å². The van der Waals surface area contributed by atoms with E-state index < -0.39 is 11.5 Å². The summed E-state index contributed by atoms with van der Waals surface area (Å²) in [7, 11) is 1.61. The molecule has 4 heteroatoms. The van der Waals surface area contributed by atoms with E-state index in [4.69, 9.17) is 4.74 Å². The summed E-state index contributed by atoms with van der Waals surface area (Å²) in [6.07, 6.45) is 0. The summed E-state index contributed by atoms with van der Waals surface area (Å²) in [5, 5.41) is 12.3. The summed E-state index contributed by atoms with van der Waals surface area (Å²) in [4.78, 5) is 11.7. The second-order valence-corrected chi connectivity index (χ2v) is 4.58. The third-order valence-electron chi connectivity index (χ3n) is 2.76. The zero-order chi connectivity index (χ0) is 13.2. The Labute approximate surface area is 102 Å². The van der Waals surface area contributed by atoms with Gasteiger partial charge in [0.1, 0.15) is 11.4 Å². The standard InChI is InChI=1S/C13H19NO3/c1-8-9(2)11(17-5)7-6-10(8)14-12(15)13(3,4)16/h6-7,16H,1-5H3,(H,14,15). The highest BCUT2D eigenvalue weighted by Crippen LogP contribution is 2.27. The lowest BCUT2D eigenvalue weighted by molar-refractivity contribution is -0.130. The molecule has 17 heavy (non-hydrogen) atoms. The highest BCUT2D eigenvalue weighted by Gasteiger charge is 2.24. The Hall–Kier alpha value is -1.55. The van der Waals surface area contributed by atoms with Crippen molar-refractivity contribution in [1.82, 2.24) is 0 Å². The van der Waals surface area contributed by atoms with Gasteiger partial charge in [0.25, 0.3) is 5.91 Å². The van der Waals surface area contributed by atoms with Crippen LogP contribution in [0.25, 0.3) is 0 Å². The predicted octanol–water partition coefficient (Wildman–Crippen LogP) is 2.02. The molecule has 1 amide bonds. The first-order valence-corrected chi connectivity index (χ1v) is 5.45. The van der Waals surface area contributed by atoms with Crippen molar-refractivity contribution in [3.63, 3.8) is 0 Å². The molecule has 0 heterocycles. The Balaban J connectivity index is 3.02. The molecule has 0 aliphatic carbocycles. The van der Waals surface area contributed by atoms with Gasteiger partial charge in [-0.1, -0.05) is 0 Å². The molecule has 2 N–H and O–H groups in total. The van der Waals surface area contributed by atoms with E-state index in [1.165, 1.54) is 13.8 Å². The monoisotopic (exact) mass is 237 g/mol. The summed E-state index contributed by atoms with van der Waals surface area (Å²) in [5.74, 6) is 0.355. The lowest BCUT2D eigenvalue weighted by atomic mass is 10.1. The Morgan fingerprint density at radius 3 is 2.35 bits per heavy atom. The molecule has 0 saturated carbocycles. The molecule has 0 spiro atoms. The highest BCUT2D eigenvalue weighted by molar-refractivity contribution is 5.97. The van der Waals surface area contributed by atoms with Gasteiger partial charge in [-0.25, -0.2) is 0 Å². The molecule has 0 unspecified atom stereocenters. The van der Waals surface area contributed by atoms with Gasteiger partial charge >= 0.3 is 0 Å². The number of amides is 1. The maximum absolute atomic E-state index is 11.7. The molecule has 1 aromatic rings. The summed E-state index contributed by atoms with van der Waals surface area (Å²) >= 11 is 0. The predicted molar refractivity (Wildman–Crippen MR) is 67.4 cm³/mol. The zero-order valence-electron chi connectivity index (χ0n) is 10.9. The third kappa shape index (κ3) is 2.97. The minimum atomic E-state index is -1.39. The Morgan fingerprint density at radius 1 is 1.29 bits per heavy atom. The van der Waals surface area contributed by atoms with Crippen molar-refractivity contribution in [2.24, 2.45) is 0 Å². The molecule has 0 aromatic heterocycles. The lowest BCUT2D eigenvalue weighted by Gasteiger charge is -2.19. The fourth-order valence-electron chi connectivity index (χ4n) is 1.43. The van der Waals surface area contributed by atoms with Crippen LogP contribution < -0.4 is 10.1 Å². The number of anilines is 1. The minimum absolute atomic E-state index is 0.426. The van der Waals surface area contributed by atoms with Gasteiger partial charge in [0.2, 0.25) is 0 Å². The van der Waals surface area contributed by atoms with Gasteiger partial charge in [0.15, 0.2) is 0 Å². The largest absolute Gasteiger partial charge is 0.496 e. The van der Waals surface area contributed by atoms with Crippen LogP contribution in [0.5, 0.6) is 5.75 Å². The lowest BCUT2D eigenvalue weighted by Crippen LogP contribution is -2.36. The molecule has 1 aromatic carbocycles. The van der Waals surface area contributed by atoms with E-state index in [0.29, 0.717) is 5.69 Å². The number of hydrogen-bond donors (Lipinski definition) is 2. The fourth-order valence-corrected chi connectivity index (χ4v) is 1.43. The van der Waals surface area contributed by atoms with Gasteiger partial charge in [-0.15, -0.1) is 0 Å². The number of carbonyl (C=O) groups is 1. The molecular weight excluding hydrogens is 218 g/mol. The average molecular weight is 237 g/mol. The van der Waals surface area contributed by atoms with Crippen molar-refractivity contribution in [3.05, 3.63) is 23.3 Å². The van der Waals surface area contributed by atoms with E-state index in [2.05, 4.69) is 5.32 Å². The molecular formula is C13H19NO3. The van der Waals surface area contributed by atoms with Crippen molar-refractivity contribution >= 4 is 11.6 Å². The molecule has 0 aliphatic rings. The summed E-state index contributed by atoms with van der Waals surface area (Å²) in [6.45, 7) is 6.73. The van der Waals surface area contributed by atoms with E-state index in [-0.39, 0.29) is 0 Å². The number of hydrogen-bond acceptors (Lipinski definition) is 3. The van der Waals surface area contributed by atoms with E-state index in [1.54, 1.807) is 19.2 Å². The SMILES string of the molecule is COc1ccc(NC(=O)C(C)(C)O)c(C)c1C. The normalized spacial score (nSPS) is 11.2. The van der Waals surface area contributed by atoms with Gasteiger partial charge in [-0.3, -0.25) is 4.79 Å². The van der Waals surface area contributed by atoms with Crippen LogP contribution >= 0.6 is 0 Å². The number of rotatable bonds is 3. The first-order chi connectivity index (χ1) is 7.77. The smallest absolute Gasteiger partial charge is 0.255 e. The number of methoxy groups -OCH3 is 1. The number of carbonyl (C=O) groups excluding carboxylic acids is 1. The molecule has 0 fully saturated rings. The molecule has 1 rings (SSSR count). The van der Waals surface area contributed by atoms with Crippen molar-refractivity contribution in [3.8, 4) is 5.75 Å². The van der Waals surface area contributed by atoms with E-state index >= 15 is 0 Å². The minimum Gasteiger partial charge on any atom is -0.496 e. The second-order valence-electron chi connectivity index (χ2n) is 4.58. The van der Waals surface area contributed by atoms with Crippen LogP contribution in [0.1, 0.15) is 25.0 Å². The van der Waals surface area contributed by atoms with E-state index in [0.717, 1.165) is 16.9 Å². The van der Waals surface area contributed by atoms with Gasteiger partial charge in [-0.05, 0) is 51.0 Å². The second kappa shape index (κ2) is 4.75. The average Bonchev–Trinajstić information content (AvgIpc) is 2.23. The molecule has 0 bridgehead atoms. The maximum Gasteiger partial charge on any atom is 0.255 e. The van der Waals surface area contributed by atoms with Crippen LogP contribution in [0, 0.1) is 13.8 Å². The van der Waals surface area contributed by atoms with Crippen LogP contribution in [0.15, 0.2) is 12.1 Å². The molecule has 94 valence electrons. The van der Waals surface area contributed by atoms with Crippen LogP contribution in [-0.2, 0) is 4.79 Å². The van der Waals surface area contributed by atoms with E-state index in [1.807, 2.05) is 13.8 Å². The number of benzene rings is 1. The quantitative estimate of drug-likeness (QED) is 0.845. The van der Waals surface area contributed by atoms with Crippen molar-refractivity contribution in [2.45, 2.75) is 33.3 Å². The van der Waals surface area contributed by atoms with Gasteiger partial charge in [0.05, 0.1) is 7.11 Å². The number of aliphatic hydroxyl groups is 1. The van der Waals surface area contributed by atoms with Crippen LogP contribution in [0.2, 0.25) is 0 Å². The van der Waals surface area contributed by atoms with Crippen molar-refractivity contribution in [1.29, 1.82) is 0 Å². The van der Waals surface area contributed by atoms with Gasteiger partial charge < -0.3 is 15.2 Å².